The van der Waals surface area contributed by atoms with Crippen molar-refractivity contribution in [3.8, 4) is 0 Å². The maximum absolute atomic E-state index is 4.49. The molecule has 0 spiro atoms. The lowest BCUT2D eigenvalue weighted by Crippen LogP contribution is -2.63. The van der Waals surface area contributed by atoms with E-state index in [-0.39, 0.29) is 5.54 Å². The van der Waals surface area contributed by atoms with Gasteiger partial charge in [0.1, 0.15) is 0 Å². The monoisotopic (exact) mass is 264 g/mol. The van der Waals surface area contributed by atoms with Gasteiger partial charge in [-0.1, -0.05) is 13.8 Å². The van der Waals surface area contributed by atoms with E-state index in [1.165, 1.54) is 5.69 Å². The molecule has 0 aromatic carbocycles. The van der Waals surface area contributed by atoms with Gasteiger partial charge in [-0.3, -0.25) is 4.68 Å². The van der Waals surface area contributed by atoms with Gasteiger partial charge in [-0.15, -0.1) is 0 Å². The molecule has 0 aliphatic carbocycles. The van der Waals surface area contributed by atoms with Crippen LogP contribution in [0.5, 0.6) is 0 Å². The van der Waals surface area contributed by atoms with Crippen LogP contribution < -0.4 is 10.2 Å². The largest absolute Gasteiger partial charge is 0.363 e. The molecule has 1 aromatic heterocycles. The summed E-state index contributed by atoms with van der Waals surface area (Å²) in [7, 11) is 0. The topological polar surface area (TPSA) is 33.1 Å². The van der Waals surface area contributed by atoms with Crippen LogP contribution in [0.4, 0.5) is 5.69 Å². The molecule has 2 heterocycles. The average Bonchev–Trinajstić information content (AvgIpc) is 2.76. The predicted molar refractivity (Wildman–Crippen MR) is 80.7 cm³/mol. The Morgan fingerprint density at radius 1 is 1.32 bits per heavy atom. The van der Waals surface area contributed by atoms with Crippen LogP contribution in [0.1, 0.15) is 47.6 Å². The van der Waals surface area contributed by atoms with Gasteiger partial charge in [-0.05, 0) is 33.6 Å². The molecular weight excluding hydrogens is 236 g/mol. The molecule has 2 rings (SSSR count). The summed E-state index contributed by atoms with van der Waals surface area (Å²) < 4.78 is 2.04. The molecule has 4 nitrogen and oxygen atoms in total. The van der Waals surface area contributed by atoms with Gasteiger partial charge in [0.25, 0.3) is 0 Å². The molecule has 0 bridgehead atoms. The Balaban J connectivity index is 2.25. The molecule has 0 radical (unpaired) electrons. The maximum Gasteiger partial charge on any atom is 0.0756 e. The third-order valence-corrected chi connectivity index (χ3v) is 3.97. The molecule has 1 fully saturated rings. The molecule has 0 saturated carbocycles. The second-order valence-corrected chi connectivity index (χ2v) is 6.98. The molecule has 1 aliphatic heterocycles. The van der Waals surface area contributed by atoms with Crippen molar-refractivity contribution < 1.29 is 0 Å². The fraction of sp³-hybridized carbons (Fsp3) is 0.800. The number of rotatable bonds is 3. The summed E-state index contributed by atoms with van der Waals surface area (Å²) in [6.07, 6.45) is 4.19. The van der Waals surface area contributed by atoms with Gasteiger partial charge in [-0.25, -0.2) is 0 Å². The van der Waals surface area contributed by atoms with Crippen LogP contribution >= 0.6 is 0 Å². The highest BCUT2D eigenvalue weighted by atomic mass is 15.3. The molecule has 19 heavy (non-hydrogen) atoms. The van der Waals surface area contributed by atoms with Crippen LogP contribution in [0.25, 0.3) is 0 Å². The quantitative estimate of drug-likeness (QED) is 0.911. The average molecular weight is 264 g/mol. The van der Waals surface area contributed by atoms with E-state index >= 15 is 0 Å². The summed E-state index contributed by atoms with van der Waals surface area (Å²) in [5, 5.41) is 8.14. The van der Waals surface area contributed by atoms with E-state index in [0.29, 0.717) is 18.0 Å². The number of aromatic nitrogens is 2. The Labute approximate surface area is 117 Å². The van der Waals surface area contributed by atoms with E-state index in [0.717, 1.165) is 13.1 Å². The second-order valence-electron chi connectivity index (χ2n) is 6.98. The third kappa shape index (κ3) is 3.11. The van der Waals surface area contributed by atoms with Crippen molar-refractivity contribution in [1.82, 2.24) is 15.1 Å². The minimum Gasteiger partial charge on any atom is -0.363 e. The van der Waals surface area contributed by atoms with E-state index in [1.807, 2.05) is 10.9 Å². The third-order valence-electron chi connectivity index (χ3n) is 3.97. The zero-order chi connectivity index (χ0) is 14.2. The highest BCUT2D eigenvalue weighted by Gasteiger charge is 2.34. The second kappa shape index (κ2) is 5.16. The van der Waals surface area contributed by atoms with Gasteiger partial charge in [0.2, 0.25) is 0 Å². The van der Waals surface area contributed by atoms with Crippen LogP contribution in [0.15, 0.2) is 12.4 Å². The van der Waals surface area contributed by atoms with Crippen molar-refractivity contribution in [2.75, 3.05) is 18.0 Å². The summed E-state index contributed by atoms with van der Waals surface area (Å²) in [5.41, 5.74) is 1.41. The number of anilines is 1. The molecule has 0 amide bonds. The van der Waals surface area contributed by atoms with E-state index in [2.05, 4.69) is 63.1 Å². The van der Waals surface area contributed by atoms with Crippen molar-refractivity contribution in [3.63, 3.8) is 0 Å². The van der Waals surface area contributed by atoms with Crippen molar-refractivity contribution >= 4 is 5.69 Å². The van der Waals surface area contributed by atoms with E-state index in [9.17, 15) is 0 Å². The predicted octanol–water partition coefficient (Wildman–Crippen LogP) is 2.68. The van der Waals surface area contributed by atoms with Crippen molar-refractivity contribution in [3.05, 3.63) is 12.4 Å². The first-order valence-corrected chi connectivity index (χ1v) is 7.36. The Bertz CT molecular complexity index is 420. The summed E-state index contributed by atoms with van der Waals surface area (Å²) in [6.45, 7) is 15.5. The van der Waals surface area contributed by atoms with Crippen LogP contribution in [-0.2, 0) is 0 Å². The van der Waals surface area contributed by atoms with Crippen molar-refractivity contribution in [2.45, 2.75) is 59.2 Å². The van der Waals surface area contributed by atoms with Gasteiger partial charge < -0.3 is 10.2 Å². The first kappa shape index (κ1) is 14.4. The van der Waals surface area contributed by atoms with Crippen LogP contribution in [0.2, 0.25) is 0 Å². The zero-order valence-corrected chi connectivity index (χ0v) is 13.1. The van der Waals surface area contributed by atoms with Gasteiger partial charge in [0.05, 0.1) is 11.9 Å². The van der Waals surface area contributed by atoms with Crippen LogP contribution in [0.3, 0.4) is 0 Å². The lowest BCUT2D eigenvalue weighted by Gasteiger charge is -2.47. The van der Waals surface area contributed by atoms with Gasteiger partial charge >= 0.3 is 0 Å². The van der Waals surface area contributed by atoms with Gasteiger partial charge in [0.15, 0.2) is 0 Å². The number of nitrogens with zero attached hydrogens (tertiary/aromatic N) is 3. The Hall–Kier alpha value is -1.03. The Morgan fingerprint density at radius 3 is 2.53 bits per heavy atom. The smallest absolute Gasteiger partial charge is 0.0756 e. The summed E-state index contributed by atoms with van der Waals surface area (Å²) in [4.78, 5) is 2.52. The SMILES string of the molecule is CC(C)C1CNC(C)(C)CN1c1cnn(C(C)C)c1. The molecule has 1 aliphatic rings. The van der Waals surface area contributed by atoms with E-state index in [1.54, 1.807) is 0 Å². The molecule has 108 valence electrons. The van der Waals surface area contributed by atoms with Crippen LogP contribution in [-0.4, -0.2) is 34.5 Å². The number of hydrogen-bond donors (Lipinski definition) is 1. The highest BCUT2D eigenvalue weighted by Crippen LogP contribution is 2.27. The number of nitrogens with one attached hydrogen (secondary N) is 1. The summed E-state index contributed by atoms with van der Waals surface area (Å²) in [5.74, 6) is 0.631. The van der Waals surface area contributed by atoms with Gasteiger partial charge in [-0.2, -0.15) is 5.10 Å². The molecule has 4 heteroatoms. The first-order valence-electron chi connectivity index (χ1n) is 7.36. The normalized spacial score (nSPS) is 23.4. The molecule has 1 atom stereocenters. The summed E-state index contributed by atoms with van der Waals surface area (Å²) >= 11 is 0. The fourth-order valence-corrected chi connectivity index (χ4v) is 2.73. The maximum atomic E-state index is 4.49. The Kier molecular flexibility index (Phi) is 3.90. The van der Waals surface area contributed by atoms with Crippen LogP contribution in [0, 0.1) is 5.92 Å². The van der Waals surface area contributed by atoms with E-state index < -0.39 is 0 Å². The lowest BCUT2D eigenvalue weighted by molar-refractivity contribution is 0.277. The lowest BCUT2D eigenvalue weighted by atomic mass is 9.93. The molecule has 1 saturated heterocycles. The van der Waals surface area contributed by atoms with E-state index in [4.69, 9.17) is 0 Å². The Morgan fingerprint density at radius 2 is 2.00 bits per heavy atom. The molecular formula is C15H28N4. The zero-order valence-electron chi connectivity index (χ0n) is 13.1. The molecule has 1 aromatic rings. The fourth-order valence-electron chi connectivity index (χ4n) is 2.73. The standard InChI is InChI=1S/C15H28N4/c1-11(2)14-8-16-15(5,6)10-18(14)13-7-17-19(9-13)12(3)4/h7,9,11-12,14,16H,8,10H2,1-6H3. The number of hydrogen-bond acceptors (Lipinski definition) is 3. The molecule has 1 unspecified atom stereocenters. The minimum atomic E-state index is 0.158. The van der Waals surface area contributed by atoms with Crippen molar-refractivity contribution in [2.24, 2.45) is 5.92 Å². The number of piperazine rings is 1. The summed E-state index contributed by atoms with van der Waals surface area (Å²) in [6, 6.07) is 0.958. The molecule has 1 N–H and O–H groups in total. The first-order chi connectivity index (χ1) is 8.80. The minimum absolute atomic E-state index is 0.158. The highest BCUT2D eigenvalue weighted by molar-refractivity contribution is 5.45. The van der Waals surface area contributed by atoms with Gasteiger partial charge in [0, 0.05) is 36.9 Å². The van der Waals surface area contributed by atoms with Crippen molar-refractivity contribution in [1.29, 1.82) is 0 Å².